The van der Waals surface area contributed by atoms with Crippen molar-refractivity contribution in [1.82, 2.24) is 4.57 Å². The average Bonchev–Trinajstić information content (AvgIpc) is 2.55. The normalized spacial score (nSPS) is 12.4. The van der Waals surface area contributed by atoms with Gasteiger partial charge < -0.3 is 14.0 Å². The van der Waals surface area contributed by atoms with Crippen molar-refractivity contribution >= 4 is 16.7 Å². The van der Waals surface area contributed by atoms with Crippen LogP contribution in [0.3, 0.4) is 0 Å². The Morgan fingerprint density at radius 3 is 2.61 bits per heavy atom. The predicted molar refractivity (Wildman–Crippen MR) is 89.9 cm³/mol. The van der Waals surface area contributed by atoms with Gasteiger partial charge in [-0.3, -0.25) is 4.79 Å². The van der Waals surface area contributed by atoms with Crippen LogP contribution in [-0.4, -0.2) is 24.3 Å². The summed E-state index contributed by atoms with van der Waals surface area (Å²) in [5.41, 5.74) is -0.196. The van der Waals surface area contributed by atoms with Crippen LogP contribution in [-0.2, 0) is 9.53 Å². The molecule has 0 amide bonds. The molecule has 0 aliphatic heterocycles. The highest BCUT2D eigenvalue weighted by Gasteiger charge is 2.22. The lowest BCUT2D eigenvalue weighted by Crippen LogP contribution is -2.31. The molecule has 0 saturated heterocycles. The van der Waals surface area contributed by atoms with Gasteiger partial charge in [-0.05, 0) is 42.0 Å². The quantitative estimate of drug-likeness (QED) is 0.768. The Morgan fingerprint density at radius 2 is 2.00 bits per heavy atom. The van der Waals surface area contributed by atoms with E-state index in [1.807, 2.05) is 26.8 Å². The molecule has 1 atom stereocenters. The van der Waals surface area contributed by atoms with Crippen LogP contribution in [0.2, 0.25) is 0 Å². The topological polar surface area (TPSA) is 57.5 Å². The number of nitrogens with zero attached hydrogens (tertiary/aromatic N) is 1. The summed E-state index contributed by atoms with van der Waals surface area (Å²) >= 11 is 0. The minimum absolute atomic E-state index is 0.196. The summed E-state index contributed by atoms with van der Waals surface area (Å²) in [4.78, 5) is 25.0. The van der Waals surface area contributed by atoms with Gasteiger partial charge in [-0.1, -0.05) is 20.8 Å². The Morgan fingerprint density at radius 1 is 1.26 bits per heavy atom. The molecule has 5 heteroatoms. The molecular formula is C18H23NO4. The molecule has 0 aliphatic rings. The van der Waals surface area contributed by atoms with Gasteiger partial charge in [0.05, 0.1) is 13.7 Å². The lowest BCUT2D eigenvalue weighted by molar-refractivity contribution is -0.149. The number of rotatable bonds is 6. The molecule has 0 N–H and O–H groups in total. The fourth-order valence-corrected chi connectivity index (χ4v) is 2.44. The number of fused-ring (bicyclic) bond motifs is 1. The van der Waals surface area contributed by atoms with Crippen molar-refractivity contribution in [2.75, 3.05) is 13.7 Å². The zero-order valence-corrected chi connectivity index (χ0v) is 14.0. The molecule has 0 fully saturated rings. The lowest BCUT2D eigenvalue weighted by atomic mass is 10.1. The minimum Gasteiger partial charge on any atom is -0.497 e. The van der Waals surface area contributed by atoms with E-state index >= 15 is 0 Å². The summed E-state index contributed by atoms with van der Waals surface area (Å²) in [6, 6.07) is 6.48. The van der Waals surface area contributed by atoms with Crippen molar-refractivity contribution in [1.29, 1.82) is 0 Å². The van der Waals surface area contributed by atoms with Gasteiger partial charge in [-0.25, -0.2) is 4.79 Å². The maximum atomic E-state index is 12.7. The SMILES string of the molecule is CCC(C(=O)OCC(C)C)n1ccc2cc(OC)ccc2c1=O. The van der Waals surface area contributed by atoms with Crippen LogP contribution in [0.15, 0.2) is 35.3 Å². The Labute approximate surface area is 135 Å². The van der Waals surface area contributed by atoms with Crippen LogP contribution in [0.4, 0.5) is 0 Å². The minimum atomic E-state index is -0.604. The first-order valence-electron chi connectivity index (χ1n) is 7.83. The Bertz CT molecular complexity index is 748. The molecule has 0 radical (unpaired) electrons. The van der Waals surface area contributed by atoms with Gasteiger partial charge in [-0.15, -0.1) is 0 Å². The molecule has 124 valence electrons. The third-order valence-electron chi connectivity index (χ3n) is 3.69. The van der Waals surface area contributed by atoms with Crippen molar-refractivity contribution < 1.29 is 14.3 Å². The summed E-state index contributed by atoms with van der Waals surface area (Å²) in [5, 5.41) is 1.35. The molecule has 2 aromatic rings. The summed E-state index contributed by atoms with van der Waals surface area (Å²) in [5.74, 6) is 0.589. The second kappa shape index (κ2) is 7.31. The summed E-state index contributed by atoms with van der Waals surface area (Å²) in [6.07, 6.45) is 2.15. The van der Waals surface area contributed by atoms with Crippen LogP contribution in [0, 0.1) is 5.92 Å². The molecule has 0 saturated carbocycles. The maximum absolute atomic E-state index is 12.7. The molecule has 23 heavy (non-hydrogen) atoms. The average molecular weight is 317 g/mol. The van der Waals surface area contributed by atoms with Gasteiger partial charge in [0.2, 0.25) is 0 Å². The highest BCUT2D eigenvalue weighted by atomic mass is 16.5. The second-order valence-corrected chi connectivity index (χ2v) is 5.93. The number of methoxy groups -OCH3 is 1. The molecule has 1 aromatic carbocycles. The number of benzene rings is 1. The molecule has 0 spiro atoms. The molecule has 1 aromatic heterocycles. The number of hydrogen-bond donors (Lipinski definition) is 0. The third-order valence-corrected chi connectivity index (χ3v) is 3.69. The van der Waals surface area contributed by atoms with Crippen LogP contribution in [0.5, 0.6) is 5.75 Å². The Kier molecular flexibility index (Phi) is 5.42. The Balaban J connectivity index is 2.39. The van der Waals surface area contributed by atoms with E-state index in [1.54, 1.807) is 31.5 Å². The van der Waals surface area contributed by atoms with Crippen molar-refractivity contribution in [3.05, 3.63) is 40.8 Å². The monoisotopic (exact) mass is 317 g/mol. The van der Waals surface area contributed by atoms with Gasteiger partial charge in [0.1, 0.15) is 11.8 Å². The van der Waals surface area contributed by atoms with Crippen molar-refractivity contribution in [3.63, 3.8) is 0 Å². The van der Waals surface area contributed by atoms with Gasteiger partial charge >= 0.3 is 5.97 Å². The van der Waals surface area contributed by atoms with Gasteiger partial charge in [0.25, 0.3) is 5.56 Å². The van der Waals surface area contributed by atoms with E-state index in [2.05, 4.69) is 0 Å². The van der Waals surface area contributed by atoms with E-state index in [9.17, 15) is 9.59 Å². The highest BCUT2D eigenvalue weighted by Crippen LogP contribution is 2.20. The van der Waals surface area contributed by atoms with Crippen LogP contribution in [0.25, 0.3) is 10.8 Å². The smallest absolute Gasteiger partial charge is 0.329 e. The molecule has 5 nitrogen and oxygen atoms in total. The number of carbonyl (C=O) groups is 1. The maximum Gasteiger partial charge on any atom is 0.329 e. The van der Waals surface area contributed by atoms with Crippen molar-refractivity contribution in [2.24, 2.45) is 5.92 Å². The van der Waals surface area contributed by atoms with Gasteiger partial charge in [0, 0.05) is 11.6 Å². The number of aromatic nitrogens is 1. The largest absolute Gasteiger partial charge is 0.497 e. The predicted octanol–water partition coefficient (Wildman–Crippen LogP) is 3.16. The number of carbonyl (C=O) groups excluding carboxylic acids is 1. The number of hydrogen-bond acceptors (Lipinski definition) is 4. The lowest BCUT2D eigenvalue weighted by Gasteiger charge is -2.18. The van der Waals surface area contributed by atoms with E-state index in [0.717, 1.165) is 5.39 Å². The number of ether oxygens (including phenoxy) is 2. The zero-order valence-electron chi connectivity index (χ0n) is 14.0. The molecule has 1 heterocycles. The Hall–Kier alpha value is -2.30. The molecule has 2 rings (SSSR count). The fraction of sp³-hybridized carbons (Fsp3) is 0.444. The van der Waals surface area contributed by atoms with Gasteiger partial charge in [0.15, 0.2) is 0 Å². The summed E-state index contributed by atoms with van der Waals surface area (Å²) in [7, 11) is 1.58. The zero-order chi connectivity index (χ0) is 17.0. The van der Waals surface area contributed by atoms with E-state index in [4.69, 9.17) is 9.47 Å². The first-order valence-corrected chi connectivity index (χ1v) is 7.83. The molecule has 0 bridgehead atoms. The number of esters is 1. The first kappa shape index (κ1) is 17.1. The van der Waals surface area contributed by atoms with E-state index < -0.39 is 6.04 Å². The first-order chi connectivity index (χ1) is 11.0. The third kappa shape index (κ3) is 3.73. The molecule has 0 aliphatic carbocycles. The molecule has 1 unspecified atom stereocenters. The standard InChI is InChI=1S/C18H23NO4/c1-5-16(18(21)23-11-12(2)3)19-9-8-13-10-14(22-4)6-7-15(13)17(19)20/h6-10,12,16H,5,11H2,1-4H3. The second-order valence-electron chi connectivity index (χ2n) is 5.93. The van der Waals surface area contributed by atoms with Crippen molar-refractivity contribution in [3.8, 4) is 5.75 Å². The van der Waals surface area contributed by atoms with Crippen LogP contribution in [0.1, 0.15) is 33.2 Å². The van der Waals surface area contributed by atoms with Crippen LogP contribution < -0.4 is 10.3 Å². The van der Waals surface area contributed by atoms with E-state index in [-0.39, 0.29) is 17.4 Å². The summed E-state index contributed by atoms with van der Waals surface area (Å²) in [6.45, 7) is 6.18. The highest BCUT2D eigenvalue weighted by molar-refractivity contribution is 5.83. The summed E-state index contributed by atoms with van der Waals surface area (Å²) < 4.78 is 11.9. The van der Waals surface area contributed by atoms with Gasteiger partial charge in [-0.2, -0.15) is 0 Å². The van der Waals surface area contributed by atoms with E-state index in [1.165, 1.54) is 4.57 Å². The fourth-order valence-electron chi connectivity index (χ4n) is 2.44. The van der Waals surface area contributed by atoms with Crippen LogP contribution >= 0.6 is 0 Å². The number of pyridine rings is 1. The van der Waals surface area contributed by atoms with Crippen molar-refractivity contribution in [2.45, 2.75) is 33.2 Å². The molecular weight excluding hydrogens is 294 g/mol. The van der Waals surface area contributed by atoms with E-state index in [0.29, 0.717) is 24.2 Å².